The van der Waals surface area contributed by atoms with Crippen LogP contribution in [0.15, 0.2) is 24.8 Å². The van der Waals surface area contributed by atoms with Gasteiger partial charge in [-0.15, -0.1) is 6.58 Å². The summed E-state index contributed by atoms with van der Waals surface area (Å²) in [4.78, 5) is 11.5. The molecule has 0 amide bonds. The van der Waals surface area contributed by atoms with Crippen molar-refractivity contribution in [2.24, 2.45) is 0 Å². The molecule has 0 aliphatic carbocycles. The minimum absolute atomic E-state index is 0.154. The number of esters is 1. The smallest absolute Gasteiger partial charge is 0.338 e. The van der Waals surface area contributed by atoms with E-state index in [1.54, 1.807) is 12.1 Å². The predicted octanol–water partition coefficient (Wildman–Crippen LogP) is 2.83. The van der Waals surface area contributed by atoms with Gasteiger partial charge in [-0.1, -0.05) is 19.9 Å². The molecule has 110 valence electrons. The van der Waals surface area contributed by atoms with Gasteiger partial charge >= 0.3 is 5.97 Å². The topological polar surface area (TPSA) is 73.6 Å². The molecule has 0 fully saturated rings. The van der Waals surface area contributed by atoms with Crippen molar-refractivity contribution in [3.63, 3.8) is 0 Å². The van der Waals surface area contributed by atoms with Crippen LogP contribution in [0.2, 0.25) is 0 Å². The van der Waals surface area contributed by atoms with Crippen molar-refractivity contribution in [2.75, 3.05) is 24.8 Å². The zero-order valence-corrected chi connectivity index (χ0v) is 12.2. The highest BCUT2D eigenvalue weighted by molar-refractivity contribution is 5.93. The average Bonchev–Trinajstić information content (AvgIpc) is 2.49. The molecule has 0 radical (unpaired) electrons. The van der Waals surface area contributed by atoms with Gasteiger partial charge in [0.05, 0.1) is 24.4 Å². The molecule has 5 heteroatoms. The first-order valence-corrected chi connectivity index (χ1v) is 6.67. The van der Waals surface area contributed by atoms with Gasteiger partial charge in [0.25, 0.3) is 0 Å². The number of nitrogens with two attached hydrogens (primary N) is 1. The summed E-state index contributed by atoms with van der Waals surface area (Å²) in [7, 11) is 1.33. The highest BCUT2D eigenvalue weighted by atomic mass is 16.5. The summed E-state index contributed by atoms with van der Waals surface area (Å²) in [5, 5.41) is 3.28. The normalized spacial score (nSPS) is 15.7. The van der Waals surface area contributed by atoms with Crippen LogP contribution in [0.3, 0.4) is 0 Å². The Morgan fingerprint density at radius 2 is 2.30 bits per heavy atom. The van der Waals surface area contributed by atoms with E-state index < -0.39 is 5.97 Å². The molecule has 2 rings (SSSR count). The first-order chi connectivity index (χ1) is 9.65. The molecular weight excluding hydrogens is 256 g/mol. The summed E-state index contributed by atoms with van der Waals surface area (Å²) in [5.41, 5.74) is 7.50. The lowest BCUT2D eigenvalue weighted by molar-refractivity contribution is 0.0600. The third kappa shape index (κ3) is 3.44. The number of rotatable bonds is 3. The van der Waals surface area contributed by atoms with Crippen LogP contribution >= 0.6 is 0 Å². The van der Waals surface area contributed by atoms with E-state index in [4.69, 9.17) is 10.5 Å². The molecule has 0 saturated carbocycles. The van der Waals surface area contributed by atoms with Crippen LogP contribution in [0.4, 0.5) is 11.4 Å². The highest BCUT2D eigenvalue weighted by Gasteiger charge is 2.22. The lowest BCUT2D eigenvalue weighted by Crippen LogP contribution is -2.31. The first-order valence-electron chi connectivity index (χ1n) is 6.67. The number of hydrogen-bond acceptors (Lipinski definition) is 5. The Hall–Kier alpha value is -2.17. The van der Waals surface area contributed by atoms with E-state index >= 15 is 0 Å². The van der Waals surface area contributed by atoms with Gasteiger partial charge in [-0.25, -0.2) is 4.79 Å². The van der Waals surface area contributed by atoms with Crippen LogP contribution in [0, 0.1) is 0 Å². The molecular formula is C15H22N2O3. The Morgan fingerprint density at radius 1 is 1.60 bits per heavy atom. The maximum atomic E-state index is 11.5. The van der Waals surface area contributed by atoms with Gasteiger partial charge in [0.2, 0.25) is 0 Å². The molecule has 1 aliphatic heterocycles. The van der Waals surface area contributed by atoms with E-state index in [0.717, 1.165) is 12.1 Å². The molecule has 0 unspecified atom stereocenters. The van der Waals surface area contributed by atoms with Crippen LogP contribution in [0.5, 0.6) is 5.75 Å². The molecule has 3 N–H and O–H groups in total. The van der Waals surface area contributed by atoms with E-state index in [2.05, 4.69) is 16.6 Å². The van der Waals surface area contributed by atoms with Crippen molar-refractivity contribution in [1.82, 2.24) is 0 Å². The predicted molar refractivity (Wildman–Crippen MR) is 81.3 cm³/mol. The van der Waals surface area contributed by atoms with Crippen LogP contribution in [-0.2, 0) is 4.74 Å². The molecule has 5 nitrogen and oxygen atoms in total. The van der Waals surface area contributed by atoms with Crippen molar-refractivity contribution < 1.29 is 14.3 Å². The number of methoxy groups -OCH3 is 1. The fourth-order valence-electron chi connectivity index (χ4n) is 1.91. The van der Waals surface area contributed by atoms with E-state index in [9.17, 15) is 4.79 Å². The molecule has 0 aromatic heterocycles. The molecule has 1 heterocycles. The second-order valence-corrected chi connectivity index (χ2v) is 4.11. The lowest BCUT2D eigenvalue weighted by Gasteiger charge is -2.28. The Morgan fingerprint density at radius 3 is 2.90 bits per heavy atom. The van der Waals surface area contributed by atoms with Gasteiger partial charge in [-0.2, -0.15) is 0 Å². The zero-order valence-electron chi connectivity index (χ0n) is 12.2. The number of benzene rings is 1. The van der Waals surface area contributed by atoms with Crippen molar-refractivity contribution in [3.05, 3.63) is 30.4 Å². The monoisotopic (exact) mass is 278 g/mol. The molecule has 1 aromatic rings. The summed E-state index contributed by atoms with van der Waals surface area (Å²) < 4.78 is 10.3. The second-order valence-electron chi connectivity index (χ2n) is 4.11. The quantitative estimate of drug-likeness (QED) is 0.505. The molecule has 0 spiro atoms. The number of nitrogen functional groups attached to an aromatic ring is 1. The maximum Gasteiger partial charge on any atom is 0.338 e. The summed E-state index contributed by atoms with van der Waals surface area (Å²) in [6.07, 6.45) is 2.61. The number of ether oxygens (including phenoxy) is 2. The van der Waals surface area contributed by atoms with E-state index in [0.29, 0.717) is 23.6 Å². The van der Waals surface area contributed by atoms with Gasteiger partial charge in [-0.3, -0.25) is 0 Å². The third-order valence-electron chi connectivity index (χ3n) is 2.79. The lowest BCUT2D eigenvalue weighted by atomic mass is 10.1. The number of carbonyl (C=O) groups excluding carboxylic acids is 1. The van der Waals surface area contributed by atoms with E-state index in [1.807, 2.05) is 19.9 Å². The van der Waals surface area contributed by atoms with E-state index in [-0.39, 0.29) is 6.04 Å². The second kappa shape index (κ2) is 7.43. The number of carbonyl (C=O) groups is 1. The number of hydrogen-bond donors (Lipinski definition) is 2. The number of anilines is 2. The average molecular weight is 278 g/mol. The third-order valence-corrected chi connectivity index (χ3v) is 2.79. The Labute approximate surface area is 119 Å². The Kier molecular flexibility index (Phi) is 5.90. The molecule has 1 atom stereocenters. The van der Waals surface area contributed by atoms with Crippen molar-refractivity contribution in [1.29, 1.82) is 0 Å². The first kappa shape index (κ1) is 15.9. The molecule has 1 aromatic carbocycles. The molecule has 0 saturated heterocycles. The van der Waals surface area contributed by atoms with Crippen LogP contribution in [0.25, 0.3) is 0 Å². The molecule has 0 bridgehead atoms. The van der Waals surface area contributed by atoms with E-state index in [1.165, 1.54) is 7.11 Å². The molecule has 20 heavy (non-hydrogen) atoms. The van der Waals surface area contributed by atoms with Gasteiger partial charge in [-0.05, 0) is 18.6 Å². The Bertz CT molecular complexity index is 486. The number of fused-ring (bicyclic) bond motifs is 1. The van der Waals surface area contributed by atoms with Crippen LogP contribution in [0.1, 0.15) is 30.6 Å². The summed E-state index contributed by atoms with van der Waals surface area (Å²) >= 11 is 0. The Balaban J connectivity index is 0.000000956. The maximum absolute atomic E-state index is 11.5. The number of nitrogens with one attached hydrogen (secondary N) is 1. The standard InChI is InChI=1S/C13H16N2O3.C2H6/c1-3-4-9-7-18-11-6-8(13(16)17-2)5-10(14)12(11)15-9;1-2/h3,5-6,9,15H,1,4,7,14H2,2H3;1-2H3/t9-;/m1./s1. The fourth-order valence-corrected chi connectivity index (χ4v) is 1.91. The highest BCUT2D eigenvalue weighted by Crippen LogP contribution is 2.36. The van der Waals surface area contributed by atoms with Gasteiger partial charge in [0.15, 0.2) is 0 Å². The van der Waals surface area contributed by atoms with Crippen LogP contribution < -0.4 is 15.8 Å². The zero-order chi connectivity index (χ0) is 15.1. The van der Waals surface area contributed by atoms with Gasteiger partial charge < -0.3 is 20.5 Å². The minimum Gasteiger partial charge on any atom is -0.489 e. The summed E-state index contributed by atoms with van der Waals surface area (Å²) in [6, 6.07) is 3.37. The van der Waals surface area contributed by atoms with Crippen molar-refractivity contribution in [2.45, 2.75) is 26.3 Å². The van der Waals surface area contributed by atoms with Gasteiger partial charge in [0, 0.05) is 0 Å². The van der Waals surface area contributed by atoms with Gasteiger partial charge in [0.1, 0.15) is 18.0 Å². The SMILES string of the molecule is C=CC[C@@H]1COc2cc(C(=O)OC)cc(N)c2N1.CC. The van der Waals surface area contributed by atoms with Crippen LogP contribution in [-0.4, -0.2) is 25.7 Å². The molecule has 1 aliphatic rings. The van der Waals surface area contributed by atoms with Crippen molar-refractivity contribution in [3.8, 4) is 5.75 Å². The summed E-state index contributed by atoms with van der Waals surface area (Å²) in [6.45, 7) is 8.21. The van der Waals surface area contributed by atoms with Crippen molar-refractivity contribution >= 4 is 17.3 Å². The largest absolute Gasteiger partial charge is 0.489 e. The fraction of sp³-hybridized carbons (Fsp3) is 0.400. The summed E-state index contributed by atoms with van der Waals surface area (Å²) in [5.74, 6) is 0.150. The minimum atomic E-state index is -0.429.